The number of nitrogens with one attached hydrogen (secondary N) is 2. The first-order valence-electron chi connectivity index (χ1n) is 3.97. The summed E-state index contributed by atoms with van der Waals surface area (Å²) in [6.07, 6.45) is 0. The van der Waals surface area contributed by atoms with Crippen LogP contribution in [-0.4, -0.2) is 11.5 Å². The molecule has 0 aliphatic rings. The van der Waals surface area contributed by atoms with Crippen LogP contribution in [0.1, 0.15) is 0 Å². The molecule has 0 spiro atoms. The van der Waals surface area contributed by atoms with Gasteiger partial charge in [0.15, 0.2) is 5.84 Å². The third-order valence-corrected chi connectivity index (χ3v) is 1.48. The number of halogens is 1. The lowest BCUT2D eigenvalue weighted by Gasteiger charge is -2.00. The Bertz CT molecular complexity index is 446. The Labute approximate surface area is 85.5 Å². The molecule has 6 heteroatoms. The van der Waals surface area contributed by atoms with Gasteiger partial charge in [0.2, 0.25) is 5.71 Å². The highest BCUT2D eigenvalue weighted by atomic mass is 19.1. The SMILES string of the molecule is N#C/C(=N\Nc1cccc(F)c1)C(=N)N. The van der Waals surface area contributed by atoms with Crippen molar-refractivity contribution in [2.24, 2.45) is 10.8 Å². The summed E-state index contributed by atoms with van der Waals surface area (Å²) in [5.41, 5.74) is 7.61. The Kier molecular flexibility index (Phi) is 3.35. The average molecular weight is 205 g/mol. The zero-order valence-electron chi connectivity index (χ0n) is 7.66. The first-order chi connectivity index (χ1) is 7.13. The third-order valence-electron chi connectivity index (χ3n) is 1.48. The van der Waals surface area contributed by atoms with Crippen molar-refractivity contribution in [3.63, 3.8) is 0 Å². The molecule has 0 aliphatic heterocycles. The number of hydrogen-bond donors (Lipinski definition) is 3. The van der Waals surface area contributed by atoms with E-state index < -0.39 is 11.7 Å². The Balaban J connectivity index is 2.80. The van der Waals surface area contributed by atoms with Gasteiger partial charge in [-0.3, -0.25) is 10.8 Å². The van der Waals surface area contributed by atoms with Crippen molar-refractivity contribution in [3.05, 3.63) is 30.1 Å². The van der Waals surface area contributed by atoms with Gasteiger partial charge in [-0.05, 0) is 18.2 Å². The molecule has 0 saturated carbocycles. The predicted molar refractivity (Wildman–Crippen MR) is 55.0 cm³/mol. The van der Waals surface area contributed by atoms with Gasteiger partial charge >= 0.3 is 0 Å². The molecule has 76 valence electrons. The maximum Gasteiger partial charge on any atom is 0.201 e. The van der Waals surface area contributed by atoms with Crippen LogP contribution in [0.4, 0.5) is 10.1 Å². The van der Waals surface area contributed by atoms with Crippen LogP contribution in [0.15, 0.2) is 29.4 Å². The molecule has 0 amide bonds. The van der Waals surface area contributed by atoms with Crippen LogP contribution in [0, 0.1) is 22.6 Å². The first kappa shape index (κ1) is 10.7. The fraction of sp³-hybridized carbons (Fsp3) is 0. The van der Waals surface area contributed by atoms with E-state index in [9.17, 15) is 4.39 Å². The van der Waals surface area contributed by atoms with Gasteiger partial charge in [-0.2, -0.15) is 10.4 Å². The van der Waals surface area contributed by atoms with Gasteiger partial charge in [0, 0.05) is 0 Å². The number of benzene rings is 1. The second kappa shape index (κ2) is 4.72. The molecular formula is C9H8FN5. The van der Waals surface area contributed by atoms with Crippen molar-refractivity contribution in [1.29, 1.82) is 10.7 Å². The maximum atomic E-state index is 12.7. The number of nitrogens with zero attached hydrogens (tertiary/aromatic N) is 2. The summed E-state index contributed by atoms with van der Waals surface area (Å²) in [4.78, 5) is 0. The fourth-order valence-electron chi connectivity index (χ4n) is 0.824. The lowest BCUT2D eigenvalue weighted by Crippen LogP contribution is -2.21. The van der Waals surface area contributed by atoms with Crippen LogP contribution in [-0.2, 0) is 0 Å². The Morgan fingerprint density at radius 2 is 2.33 bits per heavy atom. The minimum absolute atomic E-state index is 0.251. The van der Waals surface area contributed by atoms with Gasteiger partial charge in [-0.25, -0.2) is 4.39 Å². The summed E-state index contributed by atoms with van der Waals surface area (Å²) in [5, 5.41) is 19.0. The Morgan fingerprint density at radius 1 is 1.60 bits per heavy atom. The fourth-order valence-corrected chi connectivity index (χ4v) is 0.824. The smallest absolute Gasteiger partial charge is 0.201 e. The third kappa shape index (κ3) is 3.08. The number of anilines is 1. The van der Waals surface area contributed by atoms with Crippen molar-refractivity contribution < 1.29 is 4.39 Å². The highest BCUT2D eigenvalue weighted by Gasteiger charge is 2.00. The lowest BCUT2D eigenvalue weighted by molar-refractivity contribution is 0.628. The summed E-state index contributed by atoms with van der Waals surface area (Å²) in [6, 6.07) is 7.18. The zero-order valence-corrected chi connectivity index (χ0v) is 7.66. The van der Waals surface area contributed by atoms with Gasteiger partial charge in [0.25, 0.3) is 0 Å². The molecule has 0 bridgehead atoms. The molecule has 0 aromatic heterocycles. The molecule has 0 saturated heterocycles. The minimum Gasteiger partial charge on any atom is -0.382 e. The number of hydrazone groups is 1. The first-order valence-corrected chi connectivity index (χ1v) is 3.97. The zero-order chi connectivity index (χ0) is 11.3. The number of nitrogens with two attached hydrogens (primary N) is 1. The highest BCUT2D eigenvalue weighted by Crippen LogP contribution is 2.08. The monoisotopic (exact) mass is 205 g/mol. The van der Waals surface area contributed by atoms with Crippen molar-refractivity contribution in [3.8, 4) is 6.07 Å². The van der Waals surface area contributed by atoms with Crippen LogP contribution >= 0.6 is 0 Å². The number of rotatable bonds is 3. The molecule has 1 rings (SSSR count). The van der Waals surface area contributed by atoms with E-state index in [1.165, 1.54) is 18.2 Å². The molecule has 0 unspecified atom stereocenters. The van der Waals surface area contributed by atoms with Crippen molar-refractivity contribution >= 4 is 17.2 Å². The molecule has 0 heterocycles. The number of amidine groups is 1. The van der Waals surface area contributed by atoms with E-state index in [2.05, 4.69) is 10.5 Å². The highest BCUT2D eigenvalue weighted by molar-refractivity contribution is 6.45. The van der Waals surface area contributed by atoms with Gasteiger partial charge in [0.05, 0.1) is 5.69 Å². The summed E-state index contributed by atoms with van der Waals surface area (Å²) < 4.78 is 12.7. The van der Waals surface area contributed by atoms with Crippen LogP contribution in [0.5, 0.6) is 0 Å². The second-order valence-corrected chi connectivity index (χ2v) is 2.61. The van der Waals surface area contributed by atoms with E-state index in [1.807, 2.05) is 0 Å². The van der Waals surface area contributed by atoms with Gasteiger partial charge in [0.1, 0.15) is 11.9 Å². The summed E-state index contributed by atoms with van der Waals surface area (Å²) in [6.45, 7) is 0. The van der Waals surface area contributed by atoms with Gasteiger partial charge in [-0.15, -0.1) is 0 Å². The van der Waals surface area contributed by atoms with E-state index in [-0.39, 0.29) is 5.71 Å². The molecule has 0 fully saturated rings. The van der Waals surface area contributed by atoms with Crippen LogP contribution < -0.4 is 11.2 Å². The molecule has 4 N–H and O–H groups in total. The lowest BCUT2D eigenvalue weighted by atomic mass is 10.3. The van der Waals surface area contributed by atoms with E-state index in [4.69, 9.17) is 16.4 Å². The molecule has 5 nitrogen and oxygen atoms in total. The second-order valence-electron chi connectivity index (χ2n) is 2.61. The van der Waals surface area contributed by atoms with Crippen molar-refractivity contribution in [2.75, 3.05) is 5.43 Å². The van der Waals surface area contributed by atoms with E-state index in [0.29, 0.717) is 5.69 Å². The predicted octanol–water partition coefficient (Wildman–Crippen LogP) is 1.05. The average Bonchev–Trinajstić information content (AvgIpc) is 2.18. The Morgan fingerprint density at radius 3 is 2.87 bits per heavy atom. The molecule has 15 heavy (non-hydrogen) atoms. The van der Waals surface area contributed by atoms with Crippen molar-refractivity contribution in [2.45, 2.75) is 0 Å². The Hall–Kier alpha value is -2.42. The number of nitriles is 1. The molecular weight excluding hydrogens is 197 g/mol. The molecule has 0 radical (unpaired) electrons. The van der Waals surface area contributed by atoms with E-state index in [0.717, 1.165) is 0 Å². The molecule has 0 aliphatic carbocycles. The summed E-state index contributed by atoms with van der Waals surface area (Å²) >= 11 is 0. The normalized spacial score (nSPS) is 10.5. The largest absolute Gasteiger partial charge is 0.382 e. The topological polar surface area (TPSA) is 98.0 Å². The van der Waals surface area contributed by atoms with E-state index >= 15 is 0 Å². The maximum absolute atomic E-state index is 12.7. The van der Waals surface area contributed by atoms with Crippen molar-refractivity contribution in [1.82, 2.24) is 0 Å². The van der Waals surface area contributed by atoms with E-state index in [1.54, 1.807) is 12.1 Å². The van der Waals surface area contributed by atoms with Crippen LogP contribution in [0.2, 0.25) is 0 Å². The minimum atomic E-state index is -0.443. The molecule has 1 aromatic rings. The quantitative estimate of drug-likeness (QED) is 0.390. The molecule has 1 aromatic carbocycles. The summed E-state index contributed by atoms with van der Waals surface area (Å²) in [5.74, 6) is -0.863. The van der Waals surface area contributed by atoms with Crippen LogP contribution in [0.3, 0.4) is 0 Å². The van der Waals surface area contributed by atoms with Gasteiger partial charge in [-0.1, -0.05) is 6.07 Å². The standard InChI is InChI=1S/C9H8FN5/c10-6-2-1-3-7(4-6)14-15-8(5-11)9(12)13/h1-4,14H,(H3,12,13)/b15-8+. The van der Waals surface area contributed by atoms with Gasteiger partial charge < -0.3 is 5.73 Å². The summed E-state index contributed by atoms with van der Waals surface area (Å²) in [7, 11) is 0. The molecule has 0 atom stereocenters. The van der Waals surface area contributed by atoms with Crippen LogP contribution in [0.25, 0.3) is 0 Å². The number of hydrogen-bond acceptors (Lipinski definition) is 4.